The lowest BCUT2D eigenvalue weighted by Crippen LogP contribution is -2.21. The number of hydrogen-bond donors (Lipinski definition) is 2. The number of aromatic amines is 2. The average molecular weight is 619 g/mol. The molecule has 5 heterocycles. The minimum Gasteiger partial charge on any atom is -0.336 e. The Morgan fingerprint density at radius 3 is 2.70 bits per heavy atom. The molecule has 0 radical (unpaired) electrons. The van der Waals surface area contributed by atoms with Crippen LogP contribution in [-0.2, 0) is 12.8 Å². The average Bonchev–Trinajstić information content (AvgIpc) is 3.80. The molecule has 0 amide bonds. The number of hydrogen-bond acceptors (Lipinski definition) is 6. The van der Waals surface area contributed by atoms with E-state index in [2.05, 4.69) is 60.6 Å². The first-order valence-corrected chi connectivity index (χ1v) is 16.2. The van der Waals surface area contributed by atoms with Crippen molar-refractivity contribution in [3.05, 3.63) is 88.1 Å². The van der Waals surface area contributed by atoms with Crippen molar-refractivity contribution in [2.75, 3.05) is 40.3 Å². The molecule has 9 heteroatoms. The summed E-state index contributed by atoms with van der Waals surface area (Å²) in [6.45, 7) is 11.0. The van der Waals surface area contributed by atoms with E-state index in [1.807, 2.05) is 44.7 Å². The van der Waals surface area contributed by atoms with Crippen LogP contribution in [-0.4, -0.2) is 80.2 Å². The summed E-state index contributed by atoms with van der Waals surface area (Å²) in [6.07, 6.45) is 16.3. The van der Waals surface area contributed by atoms with Crippen molar-refractivity contribution in [1.82, 2.24) is 39.9 Å². The van der Waals surface area contributed by atoms with E-state index >= 15 is 0 Å². The molecule has 1 aliphatic heterocycles. The highest BCUT2D eigenvalue weighted by Gasteiger charge is 2.16. The van der Waals surface area contributed by atoms with Gasteiger partial charge in [0.15, 0.2) is 5.82 Å². The molecule has 5 aromatic rings. The lowest BCUT2D eigenvalue weighted by Gasteiger charge is -2.14. The number of aryl methyl sites for hydroxylation is 2. The number of H-pyrrole nitrogens is 2. The van der Waals surface area contributed by atoms with Gasteiger partial charge in [0.05, 0.1) is 16.6 Å². The zero-order valence-electron chi connectivity index (χ0n) is 27.1. The van der Waals surface area contributed by atoms with Gasteiger partial charge >= 0.3 is 0 Å². The Kier molecular flexibility index (Phi) is 9.80. The molecule has 2 N–H and O–H groups in total. The number of allylic oxidation sites excluding steroid dienone is 2. The molecule has 0 saturated carbocycles. The maximum Gasteiger partial charge on any atom is 0.159 e. The van der Waals surface area contributed by atoms with Crippen LogP contribution in [0.5, 0.6) is 0 Å². The Morgan fingerprint density at radius 2 is 1.87 bits per heavy atom. The Bertz CT molecular complexity index is 1950. The predicted octanol–water partition coefficient (Wildman–Crippen LogP) is 5.37. The number of rotatable bonds is 12. The van der Waals surface area contributed by atoms with Gasteiger partial charge in [0.2, 0.25) is 0 Å². The smallest absolute Gasteiger partial charge is 0.159 e. The summed E-state index contributed by atoms with van der Waals surface area (Å²) in [7, 11) is 4.09. The van der Waals surface area contributed by atoms with E-state index in [1.54, 1.807) is 12.3 Å². The van der Waals surface area contributed by atoms with Gasteiger partial charge in [0, 0.05) is 29.4 Å². The number of fused-ring (bicyclic) bond motifs is 1. The molecular weight excluding hydrogens is 575 g/mol. The molecule has 0 bridgehead atoms. The minimum absolute atomic E-state index is 0.275. The molecule has 0 spiro atoms. The third-order valence-corrected chi connectivity index (χ3v) is 8.71. The van der Waals surface area contributed by atoms with Crippen molar-refractivity contribution in [2.24, 2.45) is 0 Å². The van der Waals surface area contributed by atoms with Crippen LogP contribution < -0.4 is 10.6 Å². The second kappa shape index (κ2) is 14.3. The molecule has 0 aliphatic carbocycles. The van der Waals surface area contributed by atoms with E-state index in [9.17, 15) is 4.39 Å². The molecule has 6 rings (SSSR count). The topological polar surface area (TPSA) is 89.6 Å². The number of aromatic nitrogens is 6. The van der Waals surface area contributed by atoms with Crippen LogP contribution >= 0.6 is 0 Å². The minimum atomic E-state index is -0.275. The van der Waals surface area contributed by atoms with Gasteiger partial charge < -0.3 is 14.8 Å². The molecule has 238 valence electrons. The van der Waals surface area contributed by atoms with E-state index < -0.39 is 0 Å². The van der Waals surface area contributed by atoms with Crippen LogP contribution in [0.1, 0.15) is 49.3 Å². The summed E-state index contributed by atoms with van der Waals surface area (Å²) in [5, 5.41) is 9.20. The highest BCUT2D eigenvalue weighted by atomic mass is 19.1. The van der Waals surface area contributed by atoms with Crippen molar-refractivity contribution in [3.63, 3.8) is 0 Å². The van der Waals surface area contributed by atoms with Crippen molar-refractivity contribution < 1.29 is 4.39 Å². The first kappa shape index (κ1) is 31.5. The molecule has 0 atom stereocenters. The Balaban J connectivity index is 1.21. The normalized spacial score (nSPS) is 14.7. The molecule has 8 nitrogen and oxygen atoms in total. The zero-order chi connectivity index (χ0) is 32.0. The summed E-state index contributed by atoms with van der Waals surface area (Å²) in [4.78, 5) is 22.0. The van der Waals surface area contributed by atoms with Gasteiger partial charge in [-0.1, -0.05) is 12.7 Å². The molecular formula is C37H43FN8. The fourth-order valence-electron chi connectivity index (χ4n) is 6.16. The fraction of sp³-hybridized carbons (Fsp3) is 0.351. The number of nitrogens with one attached hydrogen (secondary N) is 2. The lowest BCUT2D eigenvalue weighted by molar-refractivity contribution is 0.334. The first-order chi connectivity index (χ1) is 22.3. The Morgan fingerprint density at radius 1 is 1.04 bits per heavy atom. The summed E-state index contributed by atoms with van der Waals surface area (Å²) in [5.74, 6) is 0.308. The van der Waals surface area contributed by atoms with Crippen LogP contribution in [0.4, 0.5) is 4.39 Å². The molecule has 4 aromatic heterocycles. The highest BCUT2D eigenvalue weighted by Crippen LogP contribution is 2.28. The third kappa shape index (κ3) is 7.49. The molecule has 1 aliphatic rings. The van der Waals surface area contributed by atoms with Crippen LogP contribution in [0.25, 0.3) is 52.0 Å². The second-order valence-electron chi connectivity index (χ2n) is 12.6. The summed E-state index contributed by atoms with van der Waals surface area (Å²) in [5.41, 5.74) is 7.87. The van der Waals surface area contributed by atoms with E-state index in [0.29, 0.717) is 28.3 Å². The first-order valence-electron chi connectivity index (χ1n) is 16.2. The number of pyridine rings is 2. The standard InChI is InChI=1S/C37H43FN8/c1-25(30-20-28(23-39-24-30)10-8-18-46-16-5-6-17-46)11-12-32-26(2)34(44-43-32)37-41-33-13-14-40-35(36(33)42-37)29-19-27(21-31(38)22-29)9-7-15-45(3)4/h11-14,19-24,43H,2,5-10,15-18H2,1,3-4H3,(H,41,42)/b25-11+,32-12+. The van der Waals surface area contributed by atoms with Crippen LogP contribution in [0.15, 0.2) is 55.0 Å². The van der Waals surface area contributed by atoms with Crippen LogP contribution in [0.3, 0.4) is 0 Å². The quantitative estimate of drug-likeness (QED) is 0.196. The Labute approximate surface area is 269 Å². The molecule has 1 fully saturated rings. The van der Waals surface area contributed by atoms with E-state index in [4.69, 9.17) is 4.98 Å². The van der Waals surface area contributed by atoms with Gasteiger partial charge in [-0.3, -0.25) is 15.1 Å². The highest BCUT2D eigenvalue weighted by molar-refractivity contribution is 5.91. The number of benzene rings is 1. The summed E-state index contributed by atoms with van der Waals surface area (Å²) >= 11 is 0. The zero-order valence-corrected chi connectivity index (χ0v) is 27.1. The maximum atomic E-state index is 14.7. The summed E-state index contributed by atoms with van der Waals surface area (Å²) < 4.78 is 14.7. The van der Waals surface area contributed by atoms with E-state index in [0.717, 1.165) is 71.6 Å². The molecule has 1 saturated heterocycles. The second-order valence-corrected chi connectivity index (χ2v) is 12.6. The van der Waals surface area contributed by atoms with Crippen LogP contribution in [0, 0.1) is 5.82 Å². The van der Waals surface area contributed by atoms with Gasteiger partial charge in [-0.2, -0.15) is 5.10 Å². The van der Waals surface area contributed by atoms with E-state index in [1.165, 1.54) is 37.6 Å². The number of nitrogens with zero attached hydrogens (tertiary/aromatic N) is 6. The monoisotopic (exact) mass is 618 g/mol. The van der Waals surface area contributed by atoms with Gasteiger partial charge in [0.1, 0.15) is 17.0 Å². The predicted molar refractivity (Wildman–Crippen MR) is 185 cm³/mol. The summed E-state index contributed by atoms with van der Waals surface area (Å²) in [6, 6.07) is 9.25. The third-order valence-electron chi connectivity index (χ3n) is 8.71. The Hall–Kier alpha value is -4.47. The van der Waals surface area contributed by atoms with Gasteiger partial charge in [-0.05, 0) is 144 Å². The van der Waals surface area contributed by atoms with Gasteiger partial charge in [-0.25, -0.2) is 9.37 Å². The van der Waals surface area contributed by atoms with E-state index in [-0.39, 0.29) is 5.82 Å². The molecule has 46 heavy (non-hydrogen) atoms. The van der Waals surface area contributed by atoms with Crippen LogP contribution in [0.2, 0.25) is 0 Å². The number of imidazole rings is 1. The number of halogens is 1. The number of likely N-dealkylation sites (tertiary alicyclic amines) is 1. The van der Waals surface area contributed by atoms with Gasteiger partial charge in [0.25, 0.3) is 0 Å². The van der Waals surface area contributed by atoms with Crippen molar-refractivity contribution in [3.8, 4) is 22.8 Å². The van der Waals surface area contributed by atoms with Crippen molar-refractivity contribution >= 4 is 29.3 Å². The largest absolute Gasteiger partial charge is 0.336 e. The van der Waals surface area contributed by atoms with Crippen molar-refractivity contribution in [1.29, 1.82) is 0 Å². The van der Waals surface area contributed by atoms with Gasteiger partial charge in [-0.15, -0.1) is 0 Å². The van der Waals surface area contributed by atoms with Crippen molar-refractivity contribution in [2.45, 2.75) is 45.4 Å². The maximum absolute atomic E-state index is 14.7. The fourth-order valence-corrected chi connectivity index (χ4v) is 6.16. The lowest BCUT2D eigenvalue weighted by atomic mass is 10.0. The SMILES string of the molecule is C=c1c(-c2nc3c(-c4cc(F)cc(CCCN(C)C)c4)nccc3[nH]2)n[nH]/c1=C/C=C(\C)c1cncc(CCCN2CCCC2)c1. The molecule has 1 aromatic carbocycles. The molecule has 0 unspecified atom stereocenters.